The molecular formula is C43H34N2O2. The van der Waals surface area contributed by atoms with Gasteiger partial charge in [-0.2, -0.15) is 0 Å². The van der Waals surface area contributed by atoms with Crippen LogP contribution in [0.3, 0.4) is 0 Å². The second-order valence-corrected chi connectivity index (χ2v) is 12.8. The molecule has 4 aliphatic rings. The number of benzene rings is 5. The lowest BCUT2D eigenvalue weighted by molar-refractivity contribution is 0.111. The van der Waals surface area contributed by atoms with Crippen molar-refractivity contribution in [1.29, 1.82) is 0 Å². The van der Waals surface area contributed by atoms with Crippen molar-refractivity contribution in [2.24, 2.45) is 11.8 Å². The van der Waals surface area contributed by atoms with Crippen LogP contribution in [0.2, 0.25) is 0 Å². The van der Waals surface area contributed by atoms with E-state index in [4.69, 9.17) is 5.73 Å². The number of carbonyl (C=O) groups is 2. The molecular weight excluding hydrogens is 576 g/mol. The summed E-state index contributed by atoms with van der Waals surface area (Å²) >= 11 is 0. The third-order valence-electron chi connectivity index (χ3n) is 10.2. The number of anilines is 1. The van der Waals surface area contributed by atoms with Gasteiger partial charge in [-0.25, -0.2) is 0 Å². The summed E-state index contributed by atoms with van der Waals surface area (Å²) in [5.41, 5.74) is 17.4. The van der Waals surface area contributed by atoms with Crippen molar-refractivity contribution in [3.63, 3.8) is 0 Å². The fourth-order valence-electron chi connectivity index (χ4n) is 8.17. The van der Waals surface area contributed by atoms with E-state index in [1.54, 1.807) is 6.20 Å². The maximum Gasteiger partial charge on any atom is 0.150 e. The summed E-state index contributed by atoms with van der Waals surface area (Å²) in [6, 6.07) is 38.5. The molecule has 5 aromatic carbocycles. The minimum atomic E-state index is -0.518. The largest absolute Gasteiger partial charge is 0.397 e. The maximum absolute atomic E-state index is 11.6. The Morgan fingerprint density at radius 2 is 1.13 bits per heavy atom. The summed E-state index contributed by atoms with van der Waals surface area (Å²) in [6.45, 7) is 0. The smallest absolute Gasteiger partial charge is 0.150 e. The third-order valence-corrected chi connectivity index (χ3v) is 10.2. The molecule has 2 bridgehead atoms. The first-order valence-electron chi connectivity index (χ1n) is 16.3. The van der Waals surface area contributed by atoms with Crippen LogP contribution in [0.25, 0.3) is 33.2 Å². The lowest BCUT2D eigenvalue weighted by Gasteiger charge is -2.30. The molecule has 0 saturated heterocycles. The monoisotopic (exact) mass is 610 g/mol. The molecule has 1 fully saturated rings. The Bertz CT molecular complexity index is 2090. The van der Waals surface area contributed by atoms with E-state index in [-0.39, 0.29) is 0 Å². The van der Waals surface area contributed by atoms with E-state index in [0.29, 0.717) is 11.1 Å². The van der Waals surface area contributed by atoms with Gasteiger partial charge in [0.1, 0.15) is 12.6 Å². The number of nitrogen functional groups attached to an aromatic ring is 1. The molecule has 1 heterocycles. The summed E-state index contributed by atoms with van der Waals surface area (Å²) < 4.78 is 0. The van der Waals surface area contributed by atoms with Gasteiger partial charge in [0.25, 0.3) is 0 Å². The highest BCUT2D eigenvalue weighted by atomic mass is 16.1. The highest BCUT2D eigenvalue weighted by molar-refractivity contribution is 5.97. The summed E-state index contributed by atoms with van der Waals surface area (Å²) in [7, 11) is 0. The fourth-order valence-corrected chi connectivity index (χ4v) is 8.17. The van der Waals surface area contributed by atoms with Gasteiger partial charge in [-0.15, -0.1) is 0 Å². The normalized spacial score (nSPS) is 17.9. The lowest BCUT2D eigenvalue weighted by Crippen LogP contribution is -2.26. The molecule has 228 valence electrons. The number of aldehydes is 2. The van der Waals surface area contributed by atoms with Crippen LogP contribution < -0.4 is 5.73 Å². The number of hydrogen-bond acceptors (Lipinski definition) is 4. The highest BCUT2D eigenvalue weighted by Gasteiger charge is 2.51. The second kappa shape index (κ2) is 11.6. The Balaban J connectivity index is 0.000000145. The van der Waals surface area contributed by atoms with Crippen molar-refractivity contribution >= 4 is 29.2 Å². The first-order chi connectivity index (χ1) is 23.1. The van der Waals surface area contributed by atoms with E-state index in [9.17, 15) is 9.59 Å². The van der Waals surface area contributed by atoms with Gasteiger partial charge in [0.15, 0.2) is 0 Å². The molecule has 0 radical (unpaired) electrons. The van der Waals surface area contributed by atoms with Crippen molar-refractivity contribution in [3.8, 4) is 22.3 Å². The van der Waals surface area contributed by atoms with Crippen LogP contribution in [0.15, 0.2) is 134 Å². The van der Waals surface area contributed by atoms with Crippen LogP contribution in [-0.2, 0) is 5.41 Å². The van der Waals surface area contributed by atoms with Crippen molar-refractivity contribution in [2.75, 3.05) is 5.73 Å². The van der Waals surface area contributed by atoms with Gasteiger partial charge in [-0.05, 0) is 99.9 Å². The van der Waals surface area contributed by atoms with Gasteiger partial charge in [0.2, 0.25) is 0 Å². The molecule has 0 aliphatic heterocycles. The van der Waals surface area contributed by atoms with Crippen molar-refractivity contribution < 1.29 is 9.59 Å². The second-order valence-electron chi connectivity index (χ2n) is 12.8. The number of nitrogens with zero attached hydrogens (tertiary/aromatic N) is 1. The maximum atomic E-state index is 11.6. The minimum absolute atomic E-state index is 0.518. The van der Waals surface area contributed by atoms with E-state index >= 15 is 0 Å². The Kier molecular flexibility index (Phi) is 7.14. The van der Waals surface area contributed by atoms with Gasteiger partial charge in [-0.3, -0.25) is 14.6 Å². The van der Waals surface area contributed by atoms with Crippen LogP contribution in [0, 0.1) is 11.8 Å². The molecule has 10 rings (SSSR count). The number of pyridine rings is 1. The number of fused-ring (bicyclic) bond motifs is 13. The molecule has 1 spiro atoms. The predicted molar refractivity (Wildman–Crippen MR) is 190 cm³/mol. The predicted octanol–water partition coefficient (Wildman–Crippen LogP) is 9.44. The molecule has 2 atom stereocenters. The van der Waals surface area contributed by atoms with Crippen molar-refractivity contribution in [1.82, 2.24) is 4.98 Å². The van der Waals surface area contributed by atoms with Crippen molar-refractivity contribution in [3.05, 3.63) is 167 Å². The average Bonchev–Trinajstić information content (AvgIpc) is 3.92. The molecule has 4 aliphatic carbocycles. The summed E-state index contributed by atoms with van der Waals surface area (Å²) in [4.78, 5) is 27.4. The first kappa shape index (κ1) is 28.8. The standard InChI is InChI=1S/C27H16O2.C9H8N2.C7H10/c28-15-17-9-11-21-22-12-10-18(16-29)14-26(22)27(25(21)13-17)23-7-3-1-5-19(23)20-6-2-4-8-24(20)27;10-8-5-1-3-7-4-2-6-11-9(7)8;1-2-7-4-3-6(1)5-7/h1-16H;1-6H,10H2;1-2,6-7H,3-5H2. The summed E-state index contributed by atoms with van der Waals surface area (Å²) in [5, 5.41) is 1.09. The molecule has 4 heteroatoms. The number of aromatic nitrogens is 1. The number of hydrogen-bond donors (Lipinski definition) is 1. The third kappa shape index (κ3) is 4.63. The zero-order chi connectivity index (χ0) is 32.0. The number of nitrogens with two attached hydrogens (primary N) is 1. The van der Waals surface area contributed by atoms with Gasteiger partial charge in [0, 0.05) is 22.7 Å². The van der Waals surface area contributed by atoms with E-state index in [0.717, 1.165) is 63.3 Å². The van der Waals surface area contributed by atoms with Crippen LogP contribution in [0.4, 0.5) is 5.69 Å². The van der Waals surface area contributed by atoms with E-state index < -0.39 is 5.41 Å². The number of allylic oxidation sites excluding steroid dienone is 2. The molecule has 1 saturated carbocycles. The minimum Gasteiger partial charge on any atom is -0.397 e. The van der Waals surface area contributed by atoms with E-state index in [1.165, 1.54) is 41.5 Å². The average molecular weight is 611 g/mol. The number of rotatable bonds is 2. The Morgan fingerprint density at radius 3 is 1.62 bits per heavy atom. The topological polar surface area (TPSA) is 73.0 Å². The van der Waals surface area contributed by atoms with Crippen LogP contribution in [0.5, 0.6) is 0 Å². The summed E-state index contributed by atoms with van der Waals surface area (Å²) in [6.07, 6.45) is 12.7. The van der Waals surface area contributed by atoms with Gasteiger partial charge in [0.05, 0.1) is 16.6 Å². The van der Waals surface area contributed by atoms with Crippen molar-refractivity contribution in [2.45, 2.75) is 24.7 Å². The van der Waals surface area contributed by atoms with Gasteiger partial charge in [-0.1, -0.05) is 103 Å². The Hall–Kier alpha value is -5.61. The number of carbonyl (C=O) groups excluding carboxylic acids is 2. The first-order valence-corrected chi connectivity index (χ1v) is 16.3. The summed E-state index contributed by atoms with van der Waals surface area (Å²) in [5.74, 6) is 1.98. The van der Waals surface area contributed by atoms with Gasteiger partial charge < -0.3 is 5.73 Å². The SMILES string of the molecule is C1=CC2CCC1C2.Nc1cccc2cccnc12.O=Cc1ccc2c(c1)C1(c3ccccc3-c3ccccc31)c1cc(C=O)ccc1-2. The van der Waals surface area contributed by atoms with Gasteiger partial charge >= 0.3 is 0 Å². The zero-order valence-electron chi connectivity index (χ0n) is 26.0. The number of para-hydroxylation sites is 1. The lowest BCUT2D eigenvalue weighted by atomic mass is 9.70. The van der Waals surface area contributed by atoms with E-state index in [2.05, 4.69) is 65.7 Å². The molecule has 2 unspecified atom stereocenters. The van der Waals surface area contributed by atoms with Crippen LogP contribution in [0.1, 0.15) is 62.2 Å². The highest BCUT2D eigenvalue weighted by Crippen LogP contribution is 2.62. The molecule has 0 amide bonds. The molecule has 47 heavy (non-hydrogen) atoms. The molecule has 4 nitrogen and oxygen atoms in total. The fraction of sp³-hybridized carbons (Fsp3) is 0.140. The Labute approximate surface area is 274 Å². The molecule has 2 N–H and O–H groups in total. The van der Waals surface area contributed by atoms with Crippen LogP contribution in [-0.4, -0.2) is 17.6 Å². The Morgan fingerprint density at radius 1 is 0.596 bits per heavy atom. The zero-order valence-corrected chi connectivity index (χ0v) is 26.0. The molecule has 1 aromatic heterocycles. The van der Waals surface area contributed by atoms with Crippen LogP contribution >= 0.6 is 0 Å². The van der Waals surface area contributed by atoms with E-state index in [1.807, 2.05) is 66.7 Å². The quantitative estimate of drug-likeness (QED) is 0.120. The molecule has 6 aromatic rings.